The third kappa shape index (κ3) is 5.50. The summed E-state index contributed by atoms with van der Waals surface area (Å²) in [6.45, 7) is 6.43. The minimum absolute atomic E-state index is 0.0164. The molecule has 0 aliphatic heterocycles. The van der Waals surface area contributed by atoms with Gasteiger partial charge in [0.25, 0.3) is 0 Å². The smallest absolute Gasteiger partial charge is 0.230 e. The van der Waals surface area contributed by atoms with Crippen LogP contribution >= 0.6 is 23.4 Å². The van der Waals surface area contributed by atoms with Crippen LogP contribution in [0.15, 0.2) is 47.6 Å². The van der Waals surface area contributed by atoms with Crippen molar-refractivity contribution < 1.29 is 4.79 Å². The third-order valence-corrected chi connectivity index (χ3v) is 5.37. The number of thioether (sulfide) groups is 1. The molecule has 1 atom stereocenters. The zero-order valence-electron chi connectivity index (χ0n) is 15.8. The monoisotopic (exact) mass is 401 g/mol. The molecule has 0 saturated carbocycles. The number of benzene rings is 2. The van der Waals surface area contributed by atoms with Crippen molar-refractivity contribution in [2.75, 3.05) is 5.75 Å². The summed E-state index contributed by atoms with van der Waals surface area (Å²) in [5.41, 5.74) is 4.16. The number of carbonyl (C=O) groups is 1. The van der Waals surface area contributed by atoms with Gasteiger partial charge in [-0.1, -0.05) is 61.5 Å². The fourth-order valence-electron chi connectivity index (χ4n) is 2.94. The average Bonchev–Trinajstić information content (AvgIpc) is 3.02. The number of imidazole rings is 1. The fourth-order valence-corrected chi connectivity index (χ4v) is 3.81. The Kier molecular flexibility index (Phi) is 6.45. The van der Waals surface area contributed by atoms with Crippen LogP contribution in [-0.4, -0.2) is 21.6 Å². The number of hydrogen-bond donors (Lipinski definition) is 2. The highest BCUT2D eigenvalue weighted by molar-refractivity contribution is 7.99. The van der Waals surface area contributed by atoms with Crippen LogP contribution in [0, 0.1) is 5.92 Å². The van der Waals surface area contributed by atoms with Crippen molar-refractivity contribution in [3.05, 3.63) is 58.6 Å². The summed E-state index contributed by atoms with van der Waals surface area (Å²) in [5.74, 6) is 0.931. The summed E-state index contributed by atoms with van der Waals surface area (Å²) in [7, 11) is 0. The predicted molar refractivity (Wildman–Crippen MR) is 113 cm³/mol. The van der Waals surface area contributed by atoms with Crippen molar-refractivity contribution in [1.29, 1.82) is 0 Å². The molecule has 3 rings (SSSR count). The molecular weight excluding hydrogens is 378 g/mol. The highest BCUT2D eigenvalue weighted by Gasteiger charge is 2.12. The zero-order chi connectivity index (χ0) is 19.4. The first-order valence-electron chi connectivity index (χ1n) is 9.07. The molecule has 0 radical (unpaired) electrons. The summed E-state index contributed by atoms with van der Waals surface area (Å²) in [5, 5.41) is 4.42. The van der Waals surface area contributed by atoms with Crippen LogP contribution in [0.2, 0.25) is 5.02 Å². The maximum absolute atomic E-state index is 12.3. The average molecular weight is 402 g/mol. The van der Waals surface area contributed by atoms with Gasteiger partial charge in [-0.05, 0) is 48.6 Å². The predicted octanol–water partition coefficient (Wildman–Crippen LogP) is 5.38. The minimum Gasteiger partial charge on any atom is -0.349 e. The zero-order valence-corrected chi connectivity index (χ0v) is 17.3. The van der Waals surface area contributed by atoms with E-state index in [4.69, 9.17) is 11.6 Å². The van der Waals surface area contributed by atoms with Crippen LogP contribution in [0.5, 0.6) is 0 Å². The van der Waals surface area contributed by atoms with E-state index in [1.54, 1.807) is 6.07 Å². The highest BCUT2D eigenvalue weighted by atomic mass is 35.5. The summed E-state index contributed by atoms with van der Waals surface area (Å²) in [6.07, 6.45) is 1.07. The van der Waals surface area contributed by atoms with Crippen LogP contribution in [0.4, 0.5) is 0 Å². The molecule has 0 aliphatic carbocycles. The Balaban J connectivity index is 1.53. The number of hydrogen-bond acceptors (Lipinski definition) is 3. The van der Waals surface area contributed by atoms with Gasteiger partial charge in [0.2, 0.25) is 5.91 Å². The molecule has 6 heteroatoms. The van der Waals surface area contributed by atoms with E-state index in [0.717, 1.165) is 23.0 Å². The first-order valence-corrected chi connectivity index (χ1v) is 10.4. The lowest BCUT2D eigenvalue weighted by Crippen LogP contribution is -2.28. The lowest BCUT2D eigenvalue weighted by atomic mass is 10.00. The molecule has 1 aromatic heterocycles. The van der Waals surface area contributed by atoms with Crippen molar-refractivity contribution in [2.45, 2.75) is 38.4 Å². The highest BCUT2D eigenvalue weighted by Crippen LogP contribution is 2.22. The normalized spacial score (nSPS) is 12.5. The summed E-state index contributed by atoms with van der Waals surface area (Å²) >= 11 is 7.37. The summed E-state index contributed by atoms with van der Waals surface area (Å²) in [6, 6.07) is 14.0. The Bertz CT molecular complexity index is 921. The molecule has 2 N–H and O–H groups in total. The number of nitrogens with one attached hydrogen (secondary N) is 2. The quantitative estimate of drug-likeness (QED) is 0.522. The Labute approximate surface area is 169 Å². The van der Waals surface area contributed by atoms with Crippen LogP contribution in [0.3, 0.4) is 0 Å². The van der Waals surface area contributed by atoms with Crippen LogP contribution in [0.25, 0.3) is 11.0 Å². The Morgan fingerprint density at radius 2 is 1.93 bits per heavy atom. The molecule has 1 amide bonds. The first kappa shape index (κ1) is 19.8. The van der Waals surface area contributed by atoms with Gasteiger partial charge in [-0.15, -0.1) is 0 Å². The molecule has 0 unspecified atom stereocenters. The maximum atomic E-state index is 12.3. The van der Waals surface area contributed by atoms with E-state index in [9.17, 15) is 4.79 Å². The Morgan fingerprint density at radius 1 is 1.19 bits per heavy atom. The van der Waals surface area contributed by atoms with Gasteiger partial charge in [0, 0.05) is 5.02 Å². The number of halogens is 1. The largest absolute Gasteiger partial charge is 0.349 e. The number of fused-ring (bicyclic) bond motifs is 1. The molecule has 2 aromatic carbocycles. The second-order valence-corrected chi connectivity index (χ2v) is 8.52. The van der Waals surface area contributed by atoms with Crippen LogP contribution in [-0.2, 0) is 11.2 Å². The third-order valence-electron chi connectivity index (χ3n) is 4.26. The fraction of sp³-hybridized carbons (Fsp3) is 0.333. The van der Waals surface area contributed by atoms with Crippen LogP contribution < -0.4 is 5.32 Å². The van der Waals surface area contributed by atoms with Gasteiger partial charge in [-0.3, -0.25) is 4.79 Å². The molecule has 0 spiro atoms. The molecule has 3 aromatic rings. The number of rotatable bonds is 7. The van der Waals surface area contributed by atoms with Crippen molar-refractivity contribution in [2.24, 2.45) is 5.92 Å². The van der Waals surface area contributed by atoms with Gasteiger partial charge in [0.15, 0.2) is 5.16 Å². The first-order chi connectivity index (χ1) is 12.9. The van der Waals surface area contributed by atoms with Gasteiger partial charge in [0.05, 0.1) is 22.8 Å². The molecule has 0 bridgehead atoms. The molecule has 1 heterocycles. The number of nitrogens with zero attached hydrogens (tertiary/aromatic N) is 1. The van der Waals surface area contributed by atoms with E-state index in [2.05, 4.69) is 53.4 Å². The Hall–Kier alpha value is -1.98. The second kappa shape index (κ2) is 8.81. The van der Waals surface area contributed by atoms with Gasteiger partial charge in [-0.2, -0.15) is 0 Å². The molecule has 0 fully saturated rings. The molecule has 0 aliphatic rings. The van der Waals surface area contributed by atoms with Crippen molar-refractivity contribution in [3.8, 4) is 0 Å². The number of aromatic amines is 1. The molecular formula is C21H24ClN3OS. The second-order valence-electron chi connectivity index (χ2n) is 7.12. The lowest BCUT2D eigenvalue weighted by molar-refractivity contribution is -0.119. The van der Waals surface area contributed by atoms with Gasteiger partial charge < -0.3 is 10.3 Å². The van der Waals surface area contributed by atoms with Gasteiger partial charge >= 0.3 is 0 Å². The maximum Gasteiger partial charge on any atom is 0.230 e. The molecule has 27 heavy (non-hydrogen) atoms. The lowest BCUT2D eigenvalue weighted by Gasteiger charge is -2.15. The van der Waals surface area contributed by atoms with E-state index in [1.807, 2.05) is 19.1 Å². The van der Waals surface area contributed by atoms with E-state index in [-0.39, 0.29) is 11.9 Å². The summed E-state index contributed by atoms with van der Waals surface area (Å²) < 4.78 is 0. The number of carbonyl (C=O) groups excluding carboxylic acids is 1. The van der Waals surface area contributed by atoms with E-state index < -0.39 is 0 Å². The van der Waals surface area contributed by atoms with E-state index >= 15 is 0 Å². The van der Waals surface area contributed by atoms with Crippen molar-refractivity contribution >= 4 is 40.3 Å². The van der Waals surface area contributed by atoms with E-state index in [0.29, 0.717) is 21.8 Å². The van der Waals surface area contributed by atoms with Crippen molar-refractivity contribution in [3.63, 3.8) is 0 Å². The summed E-state index contributed by atoms with van der Waals surface area (Å²) in [4.78, 5) is 19.9. The van der Waals surface area contributed by atoms with Crippen LogP contribution in [0.1, 0.15) is 37.9 Å². The Morgan fingerprint density at radius 3 is 2.63 bits per heavy atom. The number of amides is 1. The number of aromatic nitrogens is 2. The SMILES string of the molecule is CC(C)Cc1ccc([C@H](C)NC(=O)CSc2nc3ccc(Cl)cc3[nH]2)cc1. The molecule has 0 saturated heterocycles. The standard InChI is InChI=1S/C21H24ClN3OS/c1-13(2)10-15-4-6-16(7-5-15)14(3)23-20(26)12-27-21-24-18-9-8-17(22)11-19(18)25-21/h4-9,11,13-14H,10,12H2,1-3H3,(H,23,26)(H,24,25)/t14-/m0/s1. The molecule has 4 nitrogen and oxygen atoms in total. The van der Waals surface area contributed by atoms with Gasteiger partial charge in [0.1, 0.15) is 0 Å². The topological polar surface area (TPSA) is 57.8 Å². The molecule has 142 valence electrons. The van der Waals surface area contributed by atoms with Gasteiger partial charge in [-0.25, -0.2) is 4.98 Å². The minimum atomic E-state index is -0.0271. The number of H-pyrrole nitrogens is 1. The van der Waals surface area contributed by atoms with Crippen molar-refractivity contribution in [1.82, 2.24) is 15.3 Å². The van der Waals surface area contributed by atoms with E-state index in [1.165, 1.54) is 17.3 Å².